The number of carbonyl (C=O) groups is 2. The third-order valence-electron chi connectivity index (χ3n) is 6.22. The minimum Gasteiger partial charge on any atom is -0.327 e. The normalized spacial score (nSPS) is 20.6. The second-order valence-electron chi connectivity index (χ2n) is 9.28. The Morgan fingerprint density at radius 1 is 1.23 bits per heavy atom. The molecule has 0 amide bonds. The van der Waals surface area contributed by atoms with Crippen LogP contribution in [0.4, 0.5) is 8.78 Å². The number of fused-ring (bicyclic) bond motifs is 2. The van der Waals surface area contributed by atoms with Gasteiger partial charge >= 0.3 is 0 Å². The van der Waals surface area contributed by atoms with Crippen LogP contribution in [0.25, 0.3) is 0 Å². The Labute approximate surface area is 174 Å². The molecule has 0 fully saturated rings. The maximum atomic E-state index is 13.7. The van der Waals surface area contributed by atoms with Crippen LogP contribution in [0.5, 0.6) is 0 Å². The molecule has 2 atom stereocenters. The molecule has 4 rings (SSSR count). The lowest BCUT2D eigenvalue weighted by Gasteiger charge is -2.30. The van der Waals surface area contributed by atoms with Gasteiger partial charge in [0.15, 0.2) is 17.4 Å². The van der Waals surface area contributed by atoms with E-state index in [-0.39, 0.29) is 35.7 Å². The zero-order chi connectivity index (χ0) is 21.6. The maximum absolute atomic E-state index is 13.7. The lowest BCUT2D eigenvalue weighted by Crippen LogP contribution is -2.32. The third kappa shape index (κ3) is 3.90. The molecule has 1 heterocycles. The zero-order valence-corrected chi connectivity index (χ0v) is 17.2. The number of aromatic nitrogens is 2. The van der Waals surface area contributed by atoms with Crippen molar-refractivity contribution in [3.05, 3.63) is 58.2 Å². The summed E-state index contributed by atoms with van der Waals surface area (Å²) in [6.45, 7) is 4.04. The Morgan fingerprint density at radius 3 is 2.73 bits per heavy atom. The van der Waals surface area contributed by atoms with E-state index >= 15 is 0 Å². The second kappa shape index (κ2) is 7.61. The number of Topliss-reactive ketones (excluding diaryl/α,β-unsaturated/α-hetero) is 2. The predicted molar refractivity (Wildman–Crippen MR) is 107 cm³/mol. The molecule has 0 saturated heterocycles. The first kappa shape index (κ1) is 20.7. The Morgan fingerprint density at radius 2 is 1.97 bits per heavy atom. The number of halogens is 2. The third-order valence-corrected chi connectivity index (χ3v) is 6.22. The van der Waals surface area contributed by atoms with Crippen molar-refractivity contribution in [2.45, 2.75) is 64.3 Å². The molecular weight excluding hydrogens is 388 g/mol. The van der Waals surface area contributed by atoms with Crippen LogP contribution in [0.3, 0.4) is 0 Å². The maximum Gasteiger partial charge on any atom is 0.167 e. The van der Waals surface area contributed by atoms with Crippen molar-refractivity contribution in [2.24, 2.45) is 11.1 Å². The summed E-state index contributed by atoms with van der Waals surface area (Å²) in [5, 5.41) is 0. The van der Waals surface area contributed by atoms with Gasteiger partial charge in [0.1, 0.15) is 12.1 Å². The highest BCUT2D eigenvalue weighted by atomic mass is 19.2. The number of nitrogens with two attached hydrogens (primary N) is 1. The summed E-state index contributed by atoms with van der Waals surface area (Å²) in [5.74, 6) is -2.11. The first-order valence-electron chi connectivity index (χ1n) is 10.3. The van der Waals surface area contributed by atoms with Crippen LogP contribution in [-0.2, 0) is 24.1 Å². The zero-order valence-electron chi connectivity index (χ0n) is 17.2. The number of hydrogen-bond donors (Lipinski definition) is 1. The smallest absolute Gasteiger partial charge is 0.167 e. The molecule has 158 valence electrons. The molecule has 2 N–H and O–H groups in total. The molecule has 0 bridgehead atoms. The van der Waals surface area contributed by atoms with Gasteiger partial charge in [0, 0.05) is 31.2 Å². The molecule has 1 aromatic carbocycles. The molecule has 1 aromatic heterocycles. The molecule has 0 radical (unpaired) electrons. The van der Waals surface area contributed by atoms with Crippen molar-refractivity contribution in [1.29, 1.82) is 0 Å². The van der Waals surface area contributed by atoms with Crippen molar-refractivity contribution in [3.8, 4) is 0 Å². The van der Waals surface area contributed by atoms with E-state index in [9.17, 15) is 18.4 Å². The van der Waals surface area contributed by atoms with E-state index in [1.54, 1.807) is 0 Å². The van der Waals surface area contributed by atoms with Crippen molar-refractivity contribution < 1.29 is 18.4 Å². The first-order chi connectivity index (χ1) is 14.1. The molecule has 0 spiro atoms. The standard InChI is InChI=1S/C23H25F2N3O2/c1-23(2)9-20-22(21(30)10-23)19(27-11-28-20)7-13(29)6-18(26)14-4-3-12-5-16(24)17(25)8-15(12)14/h5,8,11,14,18H,3-4,6-7,9-10,26H2,1-2H3. The number of aryl methyl sites for hydroxylation is 1. The van der Waals surface area contributed by atoms with Gasteiger partial charge in [-0.3, -0.25) is 9.59 Å². The number of benzene rings is 1. The monoisotopic (exact) mass is 413 g/mol. The first-order valence-corrected chi connectivity index (χ1v) is 10.3. The van der Waals surface area contributed by atoms with Gasteiger partial charge < -0.3 is 5.73 Å². The lowest BCUT2D eigenvalue weighted by molar-refractivity contribution is -0.118. The highest BCUT2D eigenvalue weighted by molar-refractivity contribution is 6.00. The number of carbonyl (C=O) groups excluding carboxylic acids is 2. The van der Waals surface area contributed by atoms with Crippen LogP contribution in [-0.4, -0.2) is 27.6 Å². The Hall–Kier alpha value is -2.54. The SMILES string of the molecule is CC1(C)CC(=O)c2c(CC(=O)CC(N)C3CCc4cc(F)c(F)cc43)ncnc2C1. The topological polar surface area (TPSA) is 85.9 Å². The summed E-state index contributed by atoms with van der Waals surface area (Å²) in [5.41, 5.74) is 9.20. The second-order valence-corrected chi connectivity index (χ2v) is 9.28. The van der Waals surface area contributed by atoms with Gasteiger partial charge in [-0.05, 0) is 47.9 Å². The molecule has 2 aliphatic rings. The largest absolute Gasteiger partial charge is 0.327 e. The summed E-state index contributed by atoms with van der Waals surface area (Å²) < 4.78 is 27.2. The Balaban J connectivity index is 1.48. The van der Waals surface area contributed by atoms with Gasteiger partial charge in [-0.2, -0.15) is 0 Å². The van der Waals surface area contributed by atoms with Crippen molar-refractivity contribution in [2.75, 3.05) is 0 Å². The number of hydrogen-bond acceptors (Lipinski definition) is 5. The molecule has 2 aliphatic carbocycles. The van der Waals surface area contributed by atoms with E-state index in [4.69, 9.17) is 5.73 Å². The van der Waals surface area contributed by atoms with Crippen molar-refractivity contribution >= 4 is 11.6 Å². The van der Waals surface area contributed by atoms with Crippen LogP contribution < -0.4 is 5.73 Å². The Bertz CT molecular complexity index is 1040. The van der Waals surface area contributed by atoms with Gasteiger partial charge in [-0.1, -0.05) is 13.8 Å². The number of nitrogens with zero attached hydrogens (tertiary/aromatic N) is 2. The van der Waals surface area contributed by atoms with Crippen LogP contribution in [0, 0.1) is 17.0 Å². The average molecular weight is 413 g/mol. The van der Waals surface area contributed by atoms with Crippen molar-refractivity contribution in [3.63, 3.8) is 0 Å². The summed E-state index contributed by atoms with van der Waals surface area (Å²) in [4.78, 5) is 33.9. The Kier molecular flexibility index (Phi) is 5.26. The summed E-state index contributed by atoms with van der Waals surface area (Å²) in [7, 11) is 0. The molecule has 0 aliphatic heterocycles. The molecular formula is C23H25F2N3O2. The molecule has 2 unspecified atom stereocenters. The van der Waals surface area contributed by atoms with Gasteiger partial charge in [-0.25, -0.2) is 18.7 Å². The number of ketones is 2. The lowest BCUT2D eigenvalue weighted by atomic mass is 9.75. The minimum atomic E-state index is -0.895. The van der Waals surface area contributed by atoms with Crippen LogP contribution in [0.15, 0.2) is 18.5 Å². The fourth-order valence-corrected chi connectivity index (χ4v) is 4.83. The predicted octanol–water partition coefficient (Wildman–Crippen LogP) is 3.47. The van der Waals surface area contributed by atoms with Crippen molar-refractivity contribution in [1.82, 2.24) is 9.97 Å². The van der Waals surface area contributed by atoms with Crippen LogP contribution >= 0.6 is 0 Å². The molecule has 0 saturated carbocycles. The van der Waals surface area contributed by atoms with E-state index < -0.39 is 17.7 Å². The van der Waals surface area contributed by atoms with E-state index in [2.05, 4.69) is 9.97 Å². The summed E-state index contributed by atoms with van der Waals surface area (Å²) in [6.07, 6.45) is 3.84. The quantitative estimate of drug-likeness (QED) is 0.811. The molecule has 5 nitrogen and oxygen atoms in total. The van der Waals surface area contributed by atoms with Gasteiger partial charge in [0.2, 0.25) is 0 Å². The summed E-state index contributed by atoms with van der Waals surface area (Å²) >= 11 is 0. The van der Waals surface area contributed by atoms with Crippen LogP contribution in [0.2, 0.25) is 0 Å². The average Bonchev–Trinajstić information content (AvgIpc) is 3.03. The van der Waals surface area contributed by atoms with E-state index in [1.807, 2.05) is 13.8 Å². The molecule has 2 aromatic rings. The van der Waals surface area contributed by atoms with E-state index in [0.29, 0.717) is 48.2 Å². The van der Waals surface area contributed by atoms with E-state index in [1.165, 1.54) is 18.5 Å². The van der Waals surface area contributed by atoms with Gasteiger partial charge in [0.25, 0.3) is 0 Å². The van der Waals surface area contributed by atoms with Gasteiger partial charge in [0.05, 0.1) is 17.0 Å². The molecule has 7 heteroatoms. The highest BCUT2D eigenvalue weighted by Gasteiger charge is 2.35. The number of rotatable bonds is 5. The minimum absolute atomic E-state index is 0.0160. The fourth-order valence-electron chi connectivity index (χ4n) is 4.83. The summed E-state index contributed by atoms with van der Waals surface area (Å²) in [6, 6.07) is 1.92. The highest BCUT2D eigenvalue weighted by Crippen LogP contribution is 2.37. The molecule has 30 heavy (non-hydrogen) atoms. The van der Waals surface area contributed by atoms with Gasteiger partial charge in [-0.15, -0.1) is 0 Å². The van der Waals surface area contributed by atoms with E-state index in [0.717, 1.165) is 5.56 Å². The van der Waals surface area contributed by atoms with Crippen LogP contribution in [0.1, 0.15) is 71.9 Å². The fraction of sp³-hybridized carbons (Fsp3) is 0.478.